The fourth-order valence-electron chi connectivity index (χ4n) is 4.44. The molecule has 2 fully saturated rings. The first-order valence-corrected chi connectivity index (χ1v) is 10.2. The molecule has 0 aromatic heterocycles. The third-order valence-corrected chi connectivity index (χ3v) is 5.68. The van der Waals surface area contributed by atoms with Crippen molar-refractivity contribution < 1.29 is 18.7 Å². The van der Waals surface area contributed by atoms with Gasteiger partial charge in [-0.05, 0) is 56.9 Å². The average molecular weight is 378 g/mol. The predicted octanol–water partition coefficient (Wildman–Crippen LogP) is 3.97. The molecule has 1 aliphatic carbocycles. The van der Waals surface area contributed by atoms with Gasteiger partial charge in [0.05, 0.1) is 6.61 Å². The summed E-state index contributed by atoms with van der Waals surface area (Å²) >= 11 is 0. The first kappa shape index (κ1) is 19.9. The minimum absolute atomic E-state index is 0.0357. The molecular weight excluding hydrogens is 347 g/mol. The van der Waals surface area contributed by atoms with Crippen LogP contribution in [0.2, 0.25) is 0 Å². The molecule has 2 aliphatic rings. The predicted molar refractivity (Wildman–Crippen MR) is 102 cm³/mol. The lowest BCUT2D eigenvalue weighted by Crippen LogP contribution is -2.54. The van der Waals surface area contributed by atoms with Crippen LogP contribution in [0.3, 0.4) is 0 Å². The first-order valence-electron chi connectivity index (χ1n) is 10.2. The van der Waals surface area contributed by atoms with Gasteiger partial charge in [0.25, 0.3) is 0 Å². The Bertz CT molecular complexity index is 596. The Hall–Kier alpha value is -1.82. The van der Waals surface area contributed by atoms with Gasteiger partial charge in [-0.1, -0.05) is 12.8 Å². The molecule has 6 heteroatoms. The van der Waals surface area contributed by atoms with Crippen LogP contribution in [0.1, 0.15) is 45.4 Å². The number of likely N-dealkylation sites (tertiary alicyclic amines) is 1. The number of piperidine rings is 1. The molecule has 27 heavy (non-hydrogen) atoms. The number of amides is 1. The van der Waals surface area contributed by atoms with Crippen molar-refractivity contribution in [2.75, 3.05) is 26.2 Å². The number of carbonyl (C=O) groups is 1. The Morgan fingerprint density at radius 1 is 1.22 bits per heavy atom. The lowest BCUT2D eigenvalue weighted by atomic mass is 9.76. The summed E-state index contributed by atoms with van der Waals surface area (Å²) in [6.45, 7) is 5.07. The molecule has 1 heterocycles. The maximum Gasteiger partial charge on any atom is 0.407 e. The fraction of sp³-hybridized carbons (Fsp3) is 0.667. The van der Waals surface area contributed by atoms with Gasteiger partial charge in [0.15, 0.2) is 0 Å². The molecule has 1 saturated heterocycles. The van der Waals surface area contributed by atoms with Crippen molar-refractivity contribution in [1.29, 1.82) is 0 Å². The molecule has 1 saturated carbocycles. The van der Waals surface area contributed by atoms with Crippen LogP contribution in [-0.4, -0.2) is 49.4 Å². The number of carbonyl (C=O) groups excluding carboxylic acids is 1. The first-order chi connectivity index (χ1) is 13.2. The van der Waals surface area contributed by atoms with Crippen LogP contribution < -0.4 is 10.1 Å². The van der Waals surface area contributed by atoms with Crippen LogP contribution in [0.15, 0.2) is 24.3 Å². The van der Waals surface area contributed by atoms with Crippen molar-refractivity contribution in [2.24, 2.45) is 5.92 Å². The molecule has 0 radical (unpaired) electrons. The van der Waals surface area contributed by atoms with E-state index in [4.69, 9.17) is 9.47 Å². The molecule has 3 atom stereocenters. The van der Waals surface area contributed by atoms with E-state index in [9.17, 15) is 9.18 Å². The molecule has 5 nitrogen and oxygen atoms in total. The molecule has 3 unspecified atom stereocenters. The van der Waals surface area contributed by atoms with Gasteiger partial charge in [0, 0.05) is 31.6 Å². The topological polar surface area (TPSA) is 50.8 Å². The van der Waals surface area contributed by atoms with Gasteiger partial charge < -0.3 is 14.8 Å². The summed E-state index contributed by atoms with van der Waals surface area (Å²) in [4.78, 5) is 14.4. The van der Waals surface area contributed by atoms with Crippen LogP contribution in [0.5, 0.6) is 5.75 Å². The number of ether oxygens (including phenoxy) is 2. The van der Waals surface area contributed by atoms with E-state index < -0.39 is 0 Å². The second-order valence-electron chi connectivity index (χ2n) is 7.47. The highest BCUT2D eigenvalue weighted by molar-refractivity contribution is 5.67. The number of fused-ring (bicyclic) bond motifs is 1. The van der Waals surface area contributed by atoms with Gasteiger partial charge in [-0.25, -0.2) is 9.18 Å². The van der Waals surface area contributed by atoms with E-state index in [0.29, 0.717) is 30.9 Å². The van der Waals surface area contributed by atoms with Crippen LogP contribution in [0.25, 0.3) is 0 Å². The summed E-state index contributed by atoms with van der Waals surface area (Å²) in [6.07, 6.45) is 6.37. The van der Waals surface area contributed by atoms with Gasteiger partial charge in [0.1, 0.15) is 17.7 Å². The van der Waals surface area contributed by atoms with Crippen LogP contribution in [-0.2, 0) is 4.74 Å². The highest BCUT2D eigenvalue weighted by atomic mass is 19.1. The molecule has 1 N–H and O–H groups in total. The normalized spacial score (nSPS) is 25.5. The van der Waals surface area contributed by atoms with E-state index in [0.717, 1.165) is 32.4 Å². The minimum Gasteiger partial charge on any atom is -0.494 e. The van der Waals surface area contributed by atoms with Gasteiger partial charge in [-0.15, -0.1) is 0 Å². The number of hydrogen-bond acceptors (Lipinski definition) is 4. The molecule has 3 rings (SSSR count). The Kier molecular flexibility index (Phi) is 7.33. The molecule has 1 aromatic rings. The largest absolute Gasteiger partial charge is 0.494 e. The number of hydrogen-bond donors (Lipinski definition) is 1. The summed E-state index contributed by atoms with van der Waals surface area (Å²) in [5, 5.41) is 2.75. The Morgan fingerprint density at radius 3 is 2.78 bits per heavy atom. The Morgan fingerprint density at radius 2 is 2.00 bits per heavy atom. The Balaban J connectivity index is 1.47. The standard InChI is InChI=1S/C21H31FN2O3/c1-2-23-21(25)27-20-12-14-24(19-7-4-3-6-18(19)20)13-5-15-26-17-10-8-16(22)9-11-17/h8-11,18-20H,2-7,12-15H2,1H3,(H,23,25). The smallest absolute Gasteiger partial charge is 0.407 e. The molecule has 0 bridgehead atoms. The van der Waals surface area contributed by atoms with Crippen molar-refractivity contribution >= 4 is 6.09 Å². The van der Waals surface area contributed by atoms with Gasteiger partial charge in [-0.3, -0.25) is 4.90 Å². The van der Waals surface area contributed by atoms with E-state index >= 15 is 0 Å². The molecule has 1 amide bonds. The Labute approximate surface area is 161 Å². The zero-order chi connectivity index (χ0) is 19.1. The van der Waals surface area contributed by atoms with E-state index in [1.165, 1.54) is 31.4 Å². The maximum atomic E-state index is 12.9. The zero-order valence-corrected chi connectivity index (χ0v) is 16.2. The van der Waals surface area contributed by atoms with E-state index in [1.807, 2.05) is 6.92 Å². The number of halogens is 1. The van der Waals surface area contributed by atoms with Crippen molar-refractivity contribution in [1.82, 2.24) is 10.2 Å². The second-order valence-corrected chi connectivity index (χ2v) is 7.47. The van der Waals surface area contributed by atoms with E-state index in [1.54, 1.807) is 12.1 Å². The van der Waals surface area contributed by atoms with Crippen LogP contribution in [0.4, 0.5) is 9.18 Å². The maximum absolute atomic E-state index is 12.9. The SMILES string of the molecule is CCNC(=O)OC1CCN(CCCOc2ccc(F)cc2)C2CCCCC12. The highest BCUT2D eigenvalue weighted by Gasteiger charge is 2.40. The molecule has 1 aromatic carbocycles. The van der Waals surface area contributed by atoms with Crippen LogP contribution in [0, 0.1) is 11.7 Å². The lowest BCUT2D eigenvalue weighted by molar-refractivity contribution is -0.0443. The number of rotatable bonds is 7. The van der Waals surface area contributed by atoms with Gasteiger partial charge >= 0.3 is 6.09 Å². The van der Waals surface area contributed by atoms with Crippen molar-refractivity contribution in [3.05, 3.63) is 30.1 Å². The fourth-order valence-corrected chi connectivity index (χ4v) is 4.44. The molecule has 150 valence electrons. The van der Waals surface area contributed by atoms with Gasteiger partial charge in [0.2, 0.25) is 0 Å². The van der Waals surface area contributed by atoms with Crippen molar-refractivity contribution in [2.45, 2.75) is 57.6 Å². The summed E-state index contributed by atoms with van der Waals surface area (Å²) in [7, 11) is 0. The number of nitrogens with one attached hydrogen (secondary N) is 1. The second kappa shape index (κ2) is 9.93. The summed E-state index contributed by atoms with van der Waals surface area (Å²) in [5.41, 5.74) is 0. The third-order valence-electron chi connectivity index (χ3n) is 5.68. The molecule has 0 spiro atoms. The highest BCUT2D eigenvalue weighted by Crippen LogP contribution is 2.37. The molecule has 1 aliphatic heterocycles. The summed E-state index contributed by atoms with van der Waals surface area (Å²) < 4.78 is 24.4. The number of benzene rings is 1. The van der Waals surface area contributed by atoms with Gasteiger partial charge in [-0.2, -0.15) is 0 Å². The zero-order valence-electron chi connectivity index (χ0n) is 16.2. The minimum atomic E-state index is -0.284. The number of alkyl carbamates (subject to hydrolysis) is 1. The van der Waals surface area contributed by atoms with Crippen molar-refractivity contribution in [3.8, 4) is 5.75 Å². The summed E-state index contributed by atoms with van der Waals surface area (Å²) in [6, 6.07) is 6.66. The lowest BCUT2D eigenvalue weighted by Gasteiger charge is -2.47. The van der Waals surface area contributed by atoms with Crippen LogP contribution >= 0.6 is 0 Å². The van der Waals surface area contributed by atoms with E-state index in [-0.39, 0.29) is 18.0 Å². The third kappa shape index (κ3) is 5.58. The quantitative estimate of drug-likeness (QED) is 0.730. The van der Waals surface area contributed by atoms with Crippen molar-refractivity contribution in [3.63, 3.8) is 0 Å². The molecular formula is C21H31FN2O3. The van der Waals surface area contributed by atoms with E-state index in [2.05, 4.69) is 10.2 Å². The summed E-state index contributed by atoms with van der Waals surface area (Å²) in [5.74, 6) is 0.900. The monoisotopic (exact) mass is 378 g/mol. The average Bonchev–Trinajstić information content (AvgIpc) is 2.68. The number of nitrogens with zero attached hydrogens (tertiary/aromatic N) is 1.